The van der Waals surface area contributed by atoms with Crippen molar-refractivity contribution in [1.29, 1.82) is 0 Å². The van der Waals surface area contributed by atoms with Gasteiger partial charge in [-0.05, 0) is 52.9 Å². The number of nitrogens with zero attached hydrogens (tertiary/aromatic N) is 1. The van der Waals surface area contributed by atoms with Gasteiger partial charge >= 0.3 is 0 Å². The van der Waals surface area contributed by atoms with Crippen LogP contribution in [0.5, 0.6) is 0 Å². The molecule has 2 aliphatic heterocycles. The summed E-state index contributed by atoms with van der Waals surface area (Å²) in [5.41, 5.74) is 5.55. The minimum atomic E-state index is -0.360. The van der Waals surface area contributed by atoms with Crippen molar-refractivity contribution < 1.29 is 9.47 Å². The molecule has 2 atom stereocenters. The Labute approximate surface area is 98.1 Å². The standard InChI is InChI=1S/C12H24N2O2/c1-12(10-4-7-14(2)8-5-10)15-9-11(16-12)3-6-13/h10-11H,3-9,13H2,1-2H3. The number of likely N-dealkylation sites (tertiary alicyclic amines) is 1. The van der Waals surface area contributed by atoms with Gasteiger partial charge in [-0.2, -0.15) is 0 Å². The van der Waals surface area contributed by atoms with Gasteiger partial charge < -0.3 is 20.1 Å². The number of hydrogen-bond acceptors (Lipinski definition) is 4. The van der Waals surface area contributed by atoms with Crippen LogP contribution in [0.1, 0.15) is 26.2 Å². The normalized spacial score (nSPS) is 38.1. The molecule has 2 saturated heterocycles. The average Bonchev–Trinajstić information content (AvgIpc) is 2.63. The van der Waals surface area contributed by atoms with Gasteiger partial charge in [0.05, 0.1) is 12.7 Å². The van der Waals surface area contributed by atoms with Gasteiger partial charge in [-0.15, -0.1) is 0 Å². The van der Waals surface area contributed by atoms with Crippen molar-refractivity contribution in [2.75, 3.05) is 33.3 Å². The highest BCUT2D eigenvalue weighted by molar-refractivity contribution is 4.85. The van der Waals surface area contributed by atoms with Crippen LogP contribution in [0, 0.1) is 5.92 Å². The van der Waals surface area contributed by atoms with Gasteiger partial charge in [-0.3, -0.25) is 0 Å². The maximum Gasteiger partial charge on any atom is 0.168 e. The lowest BCUT2D eigenvalue weighted by Gasteiger charge is -2.38. The molecule has 0 spiro atoms. The third-order valence-electron chi connectivity index (χ3n) is 3.91. The molecule has 0 aliphatic carbocycles. The topological polar surface area (TPSA) is 47.7 Å². The third-order valence-corrected chi connectivity index (χ3v) is 3.91. The van der Waals surface area contributed by atoms with Crippen LogP contribution < -0.4 is 5.73 Å². The largest absolute Gasteiger partial charge is 0.347 e. The van der Waals surface area contributed by atoms with Gasteiger partial charge in [-0.25, -0.2) is 0 Å². The summed E-state index contributed by atoms with van der Waals surface area (Å²) in [6.07, 6.45) is 3.45. The summed E-state index contributed by atoms with van der Waals surface area (Å²) in [4.78, 5) is 2.37. The maximum atomic E-state index is 6.04. The number of nitrogens with two attached hydrogens (primary N) is 1. The first kappa shape index (κ1) is 12.3. The van der Waals surface area contributed by atoms with Crippen LogP contribution in [-0.2, 0) is 9.47 Å². The molecule has 94 valence electrons. The van der Waals surface area contributed by atoms with Crippen molar-refractivity contribution in [2.45, 2.75) is 38.1 Å². The highest BCUT2D eigenvalue weighted by Gasteiger charge is 2.44. The maximum absolute atomic E-state index is 6.04. The quantitative estimate of drug-likeness (QED) is 0.776. The Hall–Kier alpha value is -0.160. The van der Waals surface area contributed by atoms with Crippen LogP contribution in [0.15, 0.2) is 0 Å². The number of piperidine rings is 1. The van der Waals surface area contributed by atoms with E-state index in [0.29, 0.717) is 19.1 Å². The number of rotatable bonds is 3. The molecule has 2 rings (SSSR count). The van der Waals surface area contributed by atoms with E-state index >= 15 is 0 Å². The second kappa shape index (κ2) is 5.00. The van der Waals surface area contributed by atoms with Gasteiger partial charge in [0.25, 0.3) is 0 Å². The molecule has 0 aromatic heterocycles. The second-order valence-electron chi connectivity index (χ2n) is 5.22. The zero-order valence-electron chi connectivity index (χ0n) is 10.4. The van der Waals surface area contributed by atoms with E-state index in [2.05, 4.69) is 18.9 Å². The fourth-order valence-electron chi connectivity index (χ4n) is 2.73. The van der Waals surface area contributed by atoms with Crippen molar-refractivity contribution in [2.24, 2.45) is 11.7 Å². The lowest BCUT2D eigenvalue weighted by atomic mass is 9.89. The smallest absolute Gasteiger partial charge is 0.168 e. The average molecular weight is 228 g/mol. The Kier molecular flexibility index (Phi) is 3.85. The molecule has 0 bridgehead atoms. The van der Waals surface area contributed by atoms with E-state index in [4.69, 9.17) is 15.2 Å². The fourth-order valence-corrected chi connectivity index (χ4v) is 2.73. The molecular formula is C12H24N2O2. The Morgan fingerprint density at radius 1 is 1.38 bits per heavy atom. The monoisotopic (exact) mass is 228 g/mol. The Morgan fingerprint density at radius 3 is 2.69 bits per heavy atom. The van der Waals surface area contributed by atoms with Gasteiger partial charge in [0.15, 0.2) is 5.79 Å². The molecule has 16 heavy (non-hydrogen) atoms. The van der Waals surface area contributed by atoms with E-state index in [1.807, 2.05) is 0 Å². The molecule has 0 aromatic carbocycles. The minimum absolute atomic E-state index is 0.203. The molecule has 0 amide bonds. The van der Waals surface area contributed by atoms with E-state index in [9.17, 15) is 0 Å². The van der Waals surface area contributed by atoms with E-state index in [1.54, 1.807) is 0 Å². The van der Waals surface area contributed by atoms with Gasteiger partial charge in [0, 0.05) is 5.92 Å². The highest BCUT2D eigenvalue weighted by Crippen LogP contribution is 2.37. The molecule has 2 N–H and O–H groups in total. The Morgan fingerprint density at radius 2 is 2.06 bits per heavy atom. The summed E-state index contributed by atoms with van der Waals surface area (Å²) in [7, 11) is 2.17. The summed E-state index contributed by atoms with van der Waals surface area (Å²) in [5.74, 6) is 0.174. The molecule has 4 heteroatoms. The highest BCUT2D eigenvalue weighted by atomic mass is 16.7. The van der Waals surface area contributed by atoms with Crippen LogP contribution in [0.25, 0.3) is 0 Å². The molecule has 2 fully saturated rings. The molecule has 0 radical (unpaired) electrons. The van der Waals surface area contributed by atoms with Crippen molar-refractivity contribution in [3.63, 3.8) is 0 Å². The summed E-state index contributed by atoms with van der Waals surface area (Å²) in [6, 6.07) is 0. The lowest BCUT2D eigenvalue weighted by Crippen LogP contribution is -2.43. The molecule has 2 aliphatic rings. The van der Waals surface area contributed by atoms with Gasteiger partial charge in [0.2, 0.25) is 0 Å². The first-order valence-corrected chi connectivity index (χ1v) is 6.34. The third kappa shape index (κ3) is 2.56. The van der Waals surface area contributed by atoms with Crippen LogP contribution in [0.4, 0.5) is 0 Å². The van der Waals surface area contributed by atoms with E-state index < -0.39 is 0 Å². The van der Waals surface area contributed by atoms with Crippen molar-refractivity contribution in [3.8, 4) is 0 Å². The molecule has 0 aromatic rings. The van der Waals surface area contributed by atoms with Crippen molar-refractivity contribution >= 4 is 0 Å². The van der Waals surface area contributed by atoms with Crippen molar-refractivity contribution in [1.82, 2.24) is 4.90 Å². The van der Waals surface area contributed by atoms with Crippen molar-refractivity contribution in [3.05, 3.63) is 0 Å². The minimum Gasteiger partial charge on any atom is -0.347 e. The Balaban J connectivity index is 1.88. The second-order valence-corrected chi connectivity index (χ2v) is 5.22. The predicted molar refractivity (Wildman–Crippen MR) is 63.1 cm³/mol. The van der Waals surface area contributed by atoms with E-state index in [1.165, 1.54) is 12.8 Å². The zero-order chi connectivity index (χ0) is 11.6. The summed E-state index contributed by atoms with van der Waals surface area (Å²) in [5, 5.41) is 0. The summed E-state index contributed by atoms with van der Waals surface area (Å²) < 4.78 is 11.9. The van der Waals surface area contributed by atoms with Crippen LogP contribution in [0.3, 0.4) is 0 Å². The number of ether oxygens (including phenoxy) is 2. The van der Waals surface area contributed by atoms with Crippen LogP contribution in [-0.4, -0.2) is 50.1 Å². The molecular weight excluding hydrogens is 204 g/mol. The first-order chi connectivity index (χ1) is 7.64. The molecule has 2 heterocycles. The van der Waals surface area contributed by atoms with Crippen LogP contribution >= 0.6 is 0 Å². The predicted octanol–water partition coefficient (Wildman–Crippen LogP) is 0.809. The van der Waals surface area contributed by atoms with Gasteiger partial charge in [-0.1, -0.05) is 0 Å². The molecule has 0 saturated carbocycles. The first-order valence-electron chi connectivity index (χ1n) is 6.34. The molecule has 2 unspecified atom stereocenters. The Bertz CT molecular complexity index is 229. The summed E-state index contributed by atoms with van der Waals surface area (Å²) >= 11 is 0. The number of hydrogen-bond donors (Lipinski definition) is 1. The zero-order valence-corrected chi connectivity index (χ0v) is 10.4. The van der Waals surface area contributed by atoms with Crippen LogP contribution in [0.2, 0.25) is 0 Å². The molecule has 4 nitrogen and oxygen atoms in total. The van der Waals surface area contributed by atoms with Gasteiger partial charge in [0.1, 0.15) is 0 Å². The summed E-state index contributed by atoms with van der Waals surface area (Å²) in [6.45, 7) is 5.78. The SMILES string of the molecule is CN1CCC(C2(C)OCC(CCN)O2)CC1. The lowest BCUT2D eigenvalue weighted by molar-refractivity contribution is -0.199. The van der Waals surface area contributed by atoms with E-state index in [0.717, 1.165) is 19.5 Å². The van der Waals surface area contributed by atoms with E-state index in [-0.39, 0.29) is 11.9 Å². The fraction of sp³-hybridized carbons (Fsp3) is 1.00.